The third kappa shape index (κ3) is 3.94. The van der Waals surface area contributed by atoms with Crippen LogP contribution in [0.2, 0.25) is 0 Å². The molecular weight excluding hydrogens is 212 g/mol. The summed E-state index contributed by atoms with van der Waals surface area (Å²) in [6, 6.07) is -0.445. The zero-order valence-corrected chi connectivity index (χ0v) is 9.08. The summed E-state index contributed by atoms with van der Waals surface area (Å²) in [5, 5.41) is 2.78. The van der Waals surface area contributed by atoms with Gasteiger partial charge in [-0.15, -0.1) is 0 Å². The maximum atomic E-state index is 13.3. The fourth-order valence-electron chi connectivity index (χ4n) is 0.608. The van der Waals surface area contributed by atoms with Gasteiger partial charge in [0.1, 0.15) is 5.83 Å². The van der Waals surface area contributed by atoms with Crippen molar-refractivity contribution < 1.29 is 4.39 Å². The highest BCUT2D eigenvalue weighted by molar-refractivity contribution is 6.44. The minimum absolute atomic E-state index is 0.0802. The van der Waals surface area contributed by atoms with Crippen LogP contribution in [0.1, 0.15) is 6.92 Å². The van der Waals surface area contributed by atoms with Crippen molar-refractivity contribution in [1.29, 1.82) is 0 Å². The summed E-state index contributed by atoms with van der Waals surface area (Å²) in [6.07, 6.45) is 2.88. The van der Waals surface area contributed by atoms with Gasteiger partial charge in [-0.05, 0) is 20.0 Å². The van der Waals surface area contributed by atoms with Gasteiger partial charge >= 0.3 is 0 Å². The zero-order valence-electron chi connectivity index (χ0n) is 7.57. The van der Waals surface area contributed by atoms with Crippen LogP contribution in [0.5, 0.6) is 0 Å². The van der Waals surface area contributed by atoms with E-state index in [1.54, 1.807) is 14.0 Å². The summed E-state index contributed by atoms with van der Waals surface area (Å²) in [6.45, 7) is 5.08. The molecule has 0 saturated carbocycles. The van der Waals surface area contributed by atoms with Gasteiger partial charge in [-0.2, -0.15) is 0 Å². The Morgan fingerprint density at radius 3 is 2.46 bits per heavy atom. The lowest BCUT2D eigenvalue weighted by Gasteiger charge is -2.08. The second kappa shape index (κ2) is 6.19. The van der Waals surface area contributed by atoms with Gasteiger partial charge in [-0.1, -0.05) is 35.9 Å². The quantitative estimate of drug-likeness (QED) is 0.722. The summed E-state index contributed by atoms with van der Waals surface area (Å²) in [7, 11) is 1.64. The Morgan fingerprint density at radius 1 is 1.54 bits per heavy atom. The number of allylic oxidation sites excluding steroid dienone is 4. The summed E-state index contributed by atoms with van der Waals surface area (Å²) < 4.78 is 13.3. The van der Waals surface area contributed by atoms with Crippen LogP contribution >= 0.6 is 23.2 Å². The van der Waals surface area contributed by atoms with Gasteiger partial charge in [0.15, 0.2) is 0 Å². The third-order valence-corrected chi connectivity index (χ3v) is 2.29. The second-order valence-corrected chi connectivity index (χ2v) is 3.21. The molecule has 0 heterocycles. The molecule has 0 bridgehead atoms. The fourth-order valence-corrected chi connectivity index (χ4v) is 1.01. The lowest BCUT2D eigenvalue weighted by molar-refractivity contribution is 0.512. The molecule has 0 aromatic rings. The first kappa shape index (κ1) is 12.7. The molecule has 0 aromatic heterocycles. The molecule has 0 aliphatic heterocycles. The van der Waals surface area contributed by atoms with Crippen molar-refractivity contribution in [1.82, 2.24) is 5.32 Å². The van der Waals surface area contributed by atoms with Crippen molar-refractivity contribution in [2.24, 2.45) is 0 Å². The summed E-state index contributed by atoms with van der Waals surface area (Å²) in [4.78, 5) is 0. The van der Waals surface area contributed by atoms with Gasteiger partial charge in [-0.3, -0.25) is 0 Å². The van der Waals surface area contributed by atoms with Crippen LogP contribution in [0.15, 0.2) is 34.6 Å². The third-order valence-electron chi connectivity index (χ3n) is 1.50. The monoisotopic (exact) mass is 223 g/mol. The molecule has 0 aliphatic carbocycles. The van der Waals surface area contributed by atoms with E-state index < -0.39 is 11.9 Å². The fraction of sp³-hybridized carbons (Fsp3) is 0.333. The molecule has 1 nitrogen and oxygen atoms in total. The molecule has 1 atom stereocenters. The normalized spacial score (nSPS) is 16.5. The first-order valence-electron chi connectivity index (χ1n) is 3.75. The van der Waals surface area contributed by atoms with E-state index in [1.807, 2.05) is 0 Å². The molecule has 0 fully saturated rings. The van der Waals surface area contributed by atoms with Gasteiger partial charge in [-0.25, -0.2) is 4.39 Å². The van der Waals surface area contributed by atoms with E-state index in [4.69, 9.17) is 23.2 Å². The standard InChI is InChI=1S/C9H12Cl2FN/c1-4-5-7(10)8(11)9(12)6(2)13-3/h4-6,13H,1H2,2-3H3/b7-5+,9-8-. The lowest BCUT2D eigenvalue weighted by atomic mass is 10.2. The maximum Gasteiger partial charge on any atom is 0.137 e. The van der Waals surface area contributed by atoms with E-state index in [2.05, 4.69) is 11.9 Å². The van der Waals surface area contributed by atoms with Crippen molar-refractivity contribution in [3.05, 3.63) is 34.6 Å². The number of hydrogen-bond acceptors (Lipinski definition) is 1. The number of hydrogen-bond donors (Lipinski definition) is 1. The minimum Gasteiger partial charge on any atom is -0.311 e. The number of likely N-dealkylation sites (N-methyl/N-ethyl adjacent to an activating group) is 1. The van der Waals surface area contributed by atoms with Crippen LogP contribution in [-0.4, -0.2) is 13.1 Å². The Bertz CT molecular complexity index is 246. The SMILES string of the molecule is C=C/C=C(Cl)\C(Cl)=C(\F)C(C)NC. The first-order valence-corrected chi connectivity index (χ1v) is 4.51. The number of halogens is 3. The Labute approximate surface area is 87.9 Å². The molecule has 1 N–H and O–H groups in total. The van der Waals surface area contributed by atoms with Gasteiger partial charge in [0, 0.05) is 0 Å². The van der Waals surface area contributed by atoms with Crippen LogP contribution in [0.25, 0.3) is 0 Å². The van der Waals surface area contributed by atoms with Crippen LogP contribution in [-0.2, 0) is 0 Å². The molecule has 0 saturated heterocycles. The highest BCUT2D eigenvalue weighted by atomic mass is 35.5. The second-order valence-electron chi connectivity index (χ2n) is 2.42. The first-order chi connectivity index (χ1) is 6.04. The van der Waals surface area contributed by atoms with Crippen molar-refractivity contribution in [2.45, 2.75) is 13.0 Å². The molecule has 0 amide bonds. The molecule has 0 rings (SSSR count). The van der Waals surface area contributed by atoms with E-state index in [9.17, 15) is 4.39 Å². The largest absolute Gasteiger partial charge is 0.311 e. The van der Waals surface area contributed by atoms with Gasteiger partial charge in [0.2, 0.25) is 0 Å². The minimum atomic E-state index is -0.479. The van der Waals surface area contributed by atoms with E-state index in [0.29, 0.717) is 0 Å². The van der Waals surface area contributed by atoms with E-state index in [1.165, 1.54) is 12.2 Å². The Hall–Kier alpha value is -0.310. The summed E-state index contributed by atoms with van der Waals surface area (Å²) >= 11 is 11.3. The molecule has 4 heteroatoms. The van der Waals surface area contributed by atoms with Gasteiger partial charge in [0.25, 0.3) is 0 Å². The maximum absolute atomic E-state index is 13.3. The number of nitrogens with one attached hydrogen (secondary N) is 1. The summed E-state index contributed by atoms with van der Waals surface area (Å²) in [5.74, 6) is -0.479. The van der Waals surface area contributed by atoms with Gasteiger partial charge < -0.3 is 5.32 Å². The molecule has 1 unspecified atom stereocenters. The molecule has 13 heavy (non-hydrogen) atoms. The Morgan fingerprint density at radius 2 is 2.08 bits per heavy atom. The predicted molar refractivity (Wildman–Crippen MR) is 56.6 cm³/mol. The van der Waals surface area contributed by atoms with E-state index in [-0.39, 0.29) is 10.1 Å². The van der Waals surface area contributed by atoms with E-state index >= 15 is 0 Å². The highest BCUT2D eigenvalue weighted by Gasteiger charge is 2.12. The van der Waals surface area contributed by atoms with Crippen molar-refractivity contribution in [3.8, 4) is 0 Å². The topological polar surface area (TPSA) is 12.0 Å². The van der Waals surface area contributed by atoms with Crippen LogP contribution in [0.3, 0.4) is 0 Å². The van der Waals surface area contributed by atoms with Gasteiger partial charge in [0.05, 0.1) is 16.1 Å². The highest BCUT2D eigenvalue weighted by Crippen LogP contribution is 2.25. The average Bonchev–Trinajstić information content (AvgIpc) is 2.14. The zero-order chi connectivity index (χ0) is 10.4. The van der Waals surface area contributed by atoms with Crippen LogP contribution in [0, 0.1) is 0 Å². The molecule has 0 radical (unpaired) electrons. The van der Waals surface area contributed by atoms with Crippen molar-refractivity contribution >= 4 is 23.2 Å². The van der Waals surface area contributed by atoms with Crippen molar-refractivity contribution in [3.63, 3.8) is 0 Å². The molecule has 74 valence electrons. The lowest BCUT2D eigenvalue weighted by Crippen LogP contribution is -2.22. The van der Waals surface area contributed by atoms with E-state index in [0.717, 1.165) is 0 Å². The Kier molecular flexibility index (Phi) is 6.04. The predicted octanol–water partition coefficient (Wildman–Crippen LogP) is 3.32. The molecule has 0 aliphatic rings. The Balaban J connectivity index is 4.80. The smallest absolute Gasteiger partial charge is 0.137 e. The van der Waals surface area contributed by atoms with Crippen molar-refractivity contribution in [2.75, 3.05) is 7.05 Å². The van der Waals surface area contributed by atoms with Crippen LogP contribution in [0.4, 0.5) is 4.39 Å². The molecule has 0 spiro atoms. The summed E-state index contributed by atoms with van der Waals surface area (Å²) in [5.41, 5.74) is 0. The molecular formula is C9H12Cl2FN. The molecule has 0 aromatic carbocycles. The average molecular weight is 224 g/mol. The van der Waals surface area contributed by atoms with Crippen LogP contribution < -0.4 is 5.32 Å². The number of rotatable bonds is 4.